The Morgan fingerprint density at radius 1 is 1.25 bits per heavy atom. The van der Waals surface area contributed by atoms with Crippen LogP contribution >= 0.6 is 11.8 Å². The first-order chi connectivity index (χ1) is 7.67. The second-order valence-electron chi connectivity index (χ2n) is 4.18. The Morgan fingerprint density at radius 2 is 1.88 bits per heavy atom. The van der Waals surface area contributed by atoms with E-state index in [9.17, 15) is 0 Å². The third kappa shape index (κ3) is 4.06. The second-order valence-corrected chi connectivity index (χ2v) is 5.06. The normalized spacial score (nSPS) is 12.8. The van der Waals surface area contributed by atoms with Crippen molar-refractivity contribution in [1.82, 2.24) is 0 Å². The van der Waals surface area contributed by atoms with E-state index in [-0.39, 0.29) is 0 Å². The van der Waals surface area contributed by atoms with E-state index in [4.69, 9.17) is 4.74 Å². The first kappa shape index (κ1) is 13.4. The summed E-state index contributed by atoms with van der Waals surface area (Å²) in [6, 6.07) is 8.88. The van der Waals surface area contributed by atoms with Crippen LogP contribution < -0.4 is 5.32 Å². The standard InChI is InChI=1S/C13H21NOS/c1-10(2)13(9-15-3)14-11-5-7-12(16-4)8-6-11/h5-8,10,13-14H,9H2,1-4H3. The van der Waals surface area contributed by atoms with Crippen LogP contribution in [0.1, 0.15) is 13.8 Å². The summed E-state index contributed by atoms with van der Waals surface area (Å²) in [4.78, 5) is 1.29. The average molecular weight is 239 g/mol. The van der Waals surface area contributed by atoms with Gasteiger partial charge < -0.3 is 10.1 Å². The predicted octanol–water partition coefficient (Wildman–Crippen LogP) is 3.49. The molecule has 16 heavy (non-hydrogen) atoms. The lowest BCUT2D eigenvalue weighted by atomic mass is 10.1. The molecule has 0 amide bonds. The maximum Gasteiger partial charge on any atom is 0.0666 e. The number of hydrogen-bond donors (Lipinski definition) is 1. The van der Waals surface area contributed by atoms with Crippen molar-refractivity contribution in [3.63, 3.8) is 0 Å². The van der Waals surface area contributed by atoms with Crippen molar-refractivity contribution in [3.8, 4) is 0 Å². The van der Waals surface area contributed by atoms with Gasteiger partial charge in [0.05, 0.1) is 12.6 Å². The zero-order chi connectivity index (χ0) is 12.0. The van der Waals surface area contributed by atoms with E-state index in [1.54, 1.807) is 18.9 Å². The van der Waals surface area contributed by atoms with Gasteiger partial charge in [-0.05, 0) is 36.4 Å². The molecule has 0 bridgehead atoms. The molecular formula is C13H21NOS. The van der Waals surface area contributed by atoms with Crippen LogP contribution in [0.5, 0.6) is 0 Å². The van der Waals surface area contributed by atoms with E-state index in [1.165, 1.54) is 4.90 Å². The number of ether oxygens (including phenoxy) is 1. The summed E-state index contributed by atoms with van der Waals surface area (Å²) in [5, 5.41) is 3.50. The van der Waals surface area contributed by atoms with E-state index < -0.39 is 0 Å². The number of methoxy groups -OCH3 is 1. The van der Waals surface area contributed by atoms with E-state index in [0.29, 0.717) is 12.0 Å². The summed E-state index contributed by atoms with van der Waals surface area (Å²) in [6.07, 6.45) is 2.09. The molecule has 1 rings (SSSR count). The highest BCUT2D eigenvalue weighted by molar-refractivity contribution is 7.98. The fourth-order valence-corrected chi connectivity index (χ4v) is 1.89. The van der Waals surface area contributed by atoms with Crippen molar-refractivity contribution >= 4 is 17.4 Å². The van der Waals surface area contributed by atoms with Crippen LogP contribution in [-0.2, 0) is 4.74 Å². The van der Waals surface area contributed by atoms with Gasteiger partial charge in [-0.2, -0.15) is 0 Å². The summed E-state index contributed by atoms with van der Waals surface area (Å²) in [5.41, 5.74) is 1.16. The van der Waals surface area contributed by atoms with Gasteiger partial charge in [-0.25, -0.2) is 0 Å². The molecule has 0 radical (unpaired) electrons. The molecule has 0 aromatic heterocycles. The van der Waals surface area contributed by atoms with Crippen LogP contribution in [0, 0.1) is 5.92 Å². The minimum Gasteiger partial charge on any atom is -0.383 e. The fourth-order valence-electron chi connectivity index (χ4n) is 1.48. The summed E-state index contributed by atoms with van der Waals surface area (Å²) in [7, 11) is 1.74. The summed E-state index contributed by atoms with van der Waals surface area (Å²) in [6.45, 7) is 5.14. The van der Waals surface area contributed by atoms with Crippen molar-refractivity contribution < 1.29 is 4.74 Å². The smallest absolute Gasteiger partial charge is 0.0666 e. The summed E-state index contributed by atoms with van der Waals surface area (Å²) in [5.74, 6) is 0.556. The van der Waals surface area contributed by atoms with E-state index in [2.05, 4.69) is 49.7 Å². The fraction of sp³-hybridized carbons (Fsp3) is 0.538. The number of thioether (sulfide) groups is 1. The first-order valence-corrected chi connectivity index (χ1v) is 6.79. The van der Waals surface area contributed by atoms with Crippen LogP contribution in [0.15, 0.2) is 29.2 Å². The van der Waals surface area contributed by atoms with Crippen molar-refractivity contribution in [2.45, 2.75) is 24.8 Å². The maximum absolute atomic E-state index is 5.22. The summed E-state index contributed by atoms with van der Waals surface area (Å²) < 4.78 is 5.22. The third-order valence-electron chi connectivity index (χ3n) is 2.59. The minimum absolute atomic E-state index is 0.366. The molecule has 1 aromatic carbocycles. The Hall–Kier alpha value is -0.670. The minimum atomic E-state index is 0.366. The Labute approximate surface area is 103 Å². The van der Waals surface area contributed by atoms with Crippen LogP contribution in [0.4, 0.5) is 5.69 Å². The molecule has 1 unspecified atom stereocenters. The van der Waals surface area contributed by atoms with Crippen LogP contribution in [0.25, 0.3) is 0 Å². The van der Waals surface area contributed by atoms with Gasteiger partial charge in [-0.3, -0.25) is 0 Å². The Morgan fingerprint density at radius 3 is 2.31 bits per heavy atom. The van der Waals surface area contributed by atoms with Crippen molar-refractivity contribution in [1.29, 1.82) is 0 Å². The molecule has 0 aliphatic rings. The summed E-state index contributed by atoms with van der Waals surface area (Å²) >= 11 is 1.76. The first-order valence-electron chi connectivity index (χ1n) is 5.57. The zero-order valence-corrected chi connectivity index (χ0v) is 11.3. The maximum atomic E-state index is 5.22. The van der Waals surface area contributed by atoms with Gasteiger partial charge in [-0.15, -0.1) is 11.8 Å². The number of anilines is 1. The van der Waals surface area contributed by atoms with Crippen molar-refractivity contribution in [3.05, 3.63) is 24.3 Å². The number of benzene rings is 1. The van der Waals surface area contributed by atoms with Crippen molar-refractivity contribution in [2.75, 3.05) is 25.3 Å². The topological polar surface area (TPSA) is 21.3 Å². The van der Waals surface area contributed by atoms with E-state index in [1.807, 2.05) is 0 Å². The van der Waals surface area contributed by atoms with Gasteiger partial charge in [-0.1, -0.05) is 13.8 Å². The van der Waals surface area contributed by atoms with Gasteiger partial charge in [0.15, 0.2) is 0 Å². The molecule has 0 saturated heterocycles. The lowest BCUT2D eigenvalue weighted by Crippen LogP contribution is -2.30. The molecule has 0 fully saturated rings. The molecular weight excluding hydrogens is 218 g/mol. The van der Waals surface area contributed by atoms with Crippen LogP contribution in [0.2, 0.25) is 0 Å². The van der Waals surface area contributed by atoms with Gasteiger partial charge in [0.2, 0.25) is 0 Å². The molecule has 0 saturated carbocycles. The molecule has 1 aromatic rings. The largest absolute Gasteiger partial charge is 0.383 e. The van der Waals surface area contributed by atoms with Crippen molar-refractivity contribution in [2.24, 2.45) is 5.92 Å². The van der Waals surface area contributed by atoms with Crippen LogP contribution in [-0.4, -0.2) is 26.0 Å². The molecule has 0 spiro atoms. The highest BCUT2D eigenvalue weighted by atomic mass is 32.2. The molecule has 2 nitrogen and oxygen atoms in total. The highest BCUT2D eigenvalue weighted by Gasteiger charge is 2.12. The van der Waals surface area contributed by atoms with E-state index >= 15 is 0 Å². The Kier molecular flexibility index (Phi) is 5.71. The lowest BCUT2D eigenvalue weighted by molar-refractivity contribution is 0.171. The molecule has 1 N–H and O–H groups in total. The van der Waals surface area contributed by atoms with Gasteiger partial charge in [0.1, 0.15) is 0 Å². The molecule has 0 aliphatic carbocycles. The number of hydrogen-bond acceptors (Lipinski definition) is 3. The van der Waals surface area contributed by atoms with Gasteiger partial charge >= 0.3 is 0 Å². The van der Waals surface area contributed by atoms with E-state index in [0.717, 1.165) is 12.3 Å². The molecule has 0 aliphatic heterocycles. The molecule has 3 heteroatoms. The van der Waals surface area contributed by atoms with Gasteiger partial charge in [0.25, 0.3) is 0 Å². The van der Waals surface area contributed by atoms with Gasteiger partial charge in [0, 0.05) is 17.7 Å². The Balaban J connectivity index is 2.62. The Bertz CT molecular complexity index is 297. The van der Waals surface area contributed by atoms with Crippen LogP contribution in [0.3, 0.4) is 0 Å². The molecule has 90 valence electrons. The average Bonchev–Trinajstić information content (AvgIpc) is 2.29. The molecule has 1 atom stereocenters. The lowest BCUT2D eigenvalue weighted by Gasteiger charge is -2.22. The zero-order valence-electron chi connectivity index (χ0n) is 10.5. The number of rotatable bonds is 6. The highest BCUT2D eigenvalue weighted by Crippen LogP contribution is 2.19. The third-order valence-corrected chi connectivity index (χ3v) is 3.34. The predicted molar refractivity (Wildman–Crippen MR) is 72.3 cm³/mol. The number of nitrogens with one attached hydrogen (secondary N) is 1. The molecule has 0 heterocycles. The SMILES string of the molecule is COCC(Nc1ccc(SC)cc1)C(C)C. The monoisotopic (exact) mass is 239 g/mol. The quantitative estimate of drug-likeness (QED) is 0.768. The second kappa shape index (κ2) is 6.81.